The molecule has 1 N–H and O–H groups in total. The topological polar surface area (TPSA) is 76.0 Å². The second-order valence-corrected chi connectivity index (χ2v) is 6.18. The summed E-state index contributed by atoms with van der Waals surface area (Å²) >= 11 is 4.46. The van der Waals surface area contributed by atoms with Crippen molar-refractivity contribution in [3.05, 3.63) is 24.0 Å². The number of pyridine rings is 1. The molecule has 0 unspecified atom stereocenters. The maximum Gasteiger partial charge on any atom is 0.354 e. The minimum Gasteiger partial charge on any atom is -0.477 e. The summed E-state index contributed by atoms with van der Waals surface area (Å²) in [7, 11) is 0. The summed E-state index contributed by atoms with van der Waals surface area (Å²) in [6.07, 6.45) is 3.46. The molecular formula is C9H7N3O2S3. The number of aromatic carboxylic acids is 1. The maximum absolute atomic E-state index is 10.6. The second kappa shape index (κ2) is 5.48. The van der Waals surface area contributed by atoms with E-state index in [2.05, 4.69) is 15.2 Å². The lowest BCUT2D eigenvalue weighted by Crippen LogP contribution is -1.98. The van der Waals surface area contributed by atoms with Gasteiger partial charge in [-0.1, -0.05) is 34.9 Å². The minimum atomic E-state index is -1.03. The van der Waals surface area contributed by atoms with Gasteiger partial charge in [0.2, 0.25) is 0 Å². The molecule has 0 aliphatic rings. The molecule has 2 rings (SSSR count). The summed E-state index contributed by atoms with van der Waals surface area (Å²) < 4.78 is 1.72. The Labute approximate surface area is 110 Å². The molecule has 0 saturated carbocycles. The van der Waals surface area contributed by atoms with Crippen molar-refractivity contribution < 1.29 is 9.90 Å². The lowest BCUT2D eigenvalue weighted by atomic mass is 10.4. The highest BCUT2D eigenvalue weighted by atomic mass is 32.2. The smallest absolute Gasteiger partial charge is 0.354 e. The molecule has 17 heavy (non-hydrogen) atoms. The molecule has 0 aromatic carbocycles. The first-order valence-electron chi connectivity index (χ1n) is 4.43. The third kappa shape index (κ3) is 3.18. The zero-order chi connectivity index (χ0) is 12.3. The molecule has 0 aliphatic heterocycles. The molecule has 0 radical (unpaired) electrons. The van der Waals surface area contributed by atoms with Crippen molar-refractivity contribution in [2.75, 3.05) is 6.26 Å². The van der Waals surface area contributed by atoms with Crippen molar-refractivity contribution >= 4 is 40.8 Å². The monoisotopic (exact) mass is 285 g/mol. The van der Waals surface area contributed by atoms with Gasteiger partial charge in [0.15, 0.2) is 8.68 Å². The van der Waals surface area contributed by atoms with E-state index in [1.807, 2.05) is 6.26 Å². The molecule has 0 saturated heterocycles. The molecule has 2 heterocycles. The van der Waals surface area contributed by atoms with Gasteiger partial charge >= 0.3 is 5.97 Å². The summed E-state index contributed by atoms with van der Waals surface area (Å²) in [6, 6.07) is 3.18. The lowest BCUT2D eigenvalue weighted by Gasteiger charge is -1.97. The van der Waals surface area contributed by atoms with Crippen LogP contribution < -0.4 is 0 Å². The number of hydrogen-bond donors (Lipinski definition) is 1. The number of carbonyl (C=O) groups is 1. The van der Waals surface area contributed by atoms with Crippen LogP contribution in [0.1, 0.15) is 10.5 Å². The van der Waals surface area contributed by atoms with Crippen LogP contribution >= 0.6 is 34.9 Å². The summed E-state index contributed by atoms with van der Waals surface area (Å²) in [5, 5.41) is 16.7. The first-order chi connectivity index (χ1) is 8.19. The van der Waals surface area contributed by atoms with Gasteiger partial charge in [0.25, 0.3) is 0 Å². The van der Waals surface area contributed by atoms with Gasteiger partial charge in [0.1, 0.15) is 5.69 Å². The summed E-state index contributed by atoms with van der Waals surface area (Å²) in [5.74, 6) is -1.03. The van der Waals surface area contributed by atoms with Crippen LogP contribution in [0, 0.1) is 0 Å². The van der Waals surface area contributed by atoms with Gasteiger partial charge < -0.3 is 5.11 Å². The van der Waals surface area contributed by atoms with Crippen LogP contribution in [0.5, 0.6) is 0 Å². The summed E-state index contributed by atoms with van der Waals surface area (Å²) in [5.41, 5.74) is 0.0383. The summed E-state index contributed by atoms with van der Waals surface area (Å²) in [6.45, 7) is 0. The molecule has 2 aromatic rings. The average Bonchev–Trinajstić information content (AvgIpc) is 2.77. The summed E-state index contributed by atoms with van der Waals surface area (Å²) in [4.78, 5) is 15.3. The number of aromatic nitrogens is 3. The molecule has 8 heteroatoms. The van der Waals surface area contributed by atoms with Crippen LogP contribution in [0.15, 0.2) is 31.9 Å². The van der Waals surface area contributed by atoms with Crippen LogP contribution in [-0.4, -0.2) is 32.5 Å². The number of thioether (sulfide) groups is 1. The molecular weight excluding hydrogens is 278 g/mol. The van der Waals surface area contributed by atoms with Crippen molar-refractivity contribution in [3.8, 4) is 0 Å². The van der Waals surface area contributed by atoms with Crippen LogP contribution in [-0.2, 0) is 0 Å². The molecule has 88 valence electrons. The molecule has 2 aromatic heterocycles. The quantitative estimate of drug-likeness (QED) is 0.865. The predicted octanol–water partition coefficient (Wildman–Crippen LogP) is 2.50. The van der Waals surface area contributed by atoms with E-state index in [0.29, 0.717) is 0 Å². The maximum atomic E-state index is 10.6. The Balaban J connectivity index is 2.10. The van der Waals surface area contributed by atoms with Gasteiger partial charge in [-0.25, -0.2) is 9.78 Å². The molecule has 0 fully saturated rings. The Bertz CT molecular complexity index is 527. The fourth-order valence-electron chi connectivity index (χ4n) is 0.989. The van der Waals surface area contributed by atoms with Crippen LogP contribution in [0.3, 0.4) is 0 Å². The molecule has 5 nitrogen and oxygen atoms in total. The molecule has 0 amide bonds. The molecule has 0 aliphatic carbocycles. The van der Waals surface area contributed by atoms with Crippen LogP contribution in [0.4, 0.5) is 0 Å². The Morgan fingerprint density at radius 2 is 2.12 bits per heavy atom. The van der Waals surface area contributed by atoms with E-state index in [1.165, 1.54) is 35.4 Å². The van der Waals surface area contributed by atoms with Gasteiger partial charge in [0.05, 0.1) is 0 Å². The van der Waals surface area contributed by atoms with E-state index < -0.39 is 5.97 Å². The van der Waals surface area contributed by atoms with Gasteiger partial charge in [0, 0.05) is 11.1 Å². The highest BCUT2D eigenvalue weighted by Gasteiger charge is 2.07. The highest BCUT2D eigenvalue weighted by molar-refractivity contribution is 8.03. The van der Waals surface area contributed by atoms with Gasteiger partial charge in [-0.05, 0) is 18.4 Å². The number of carboxylic acid groups (broad SMARTS) is 1. The zero-order valence-electron chi connectivity index (χ0n) is 8.65. The van der Waals surface area contributed by atoms with E-state index >= 15 is 0 Å². The number of carboxylic acids is 1. The molecule has 0 atom stereocenters. The van der Waals surface area contributed by atoms with Crippen molar-refractivity contribution in [1.29, 1.82) is 0 Å². The Kier molecular flexibility index (Phi) is 3.97. The number of hydrogen-bond acceptors (Lipinski definition) is 7. The first-order valence-corrected chi connectivity index (χ1v) is 7.29. The zero-order valence-corrected chi connectivity index (χ0v) is 11.1. The van der Waals surface area contributed by atoms with Crippen LogP contribution in [0.2, 0.25) is 0 Å². The average molecular weight is 285 g/mol. The molecule has 0 bridgehead atoms. The predicted molar refractivity (Wildman–Crippen MR) is 67.0 cm³/mol. The van der Waals surface area contributed by atoms with Crippen molar-refractivity contribution in [2.45, 2.75) is 13.6 Å². The minimum absolute atomic E-state index is 0.0383. The molecule has 0 spiro atoms. The number of nitrogens with zero attached hydrogens (tertiary/aromatic N) is 3. The second-order valence-electron chi connectivity index (χ2n) is 2.82. The first kappa shape index (κ1) is 12.3. The van der Waals surface area contributed by atoms with E-state index in [9.17, 15) is 4.79 Å². The standard InChI is InChI=1S/C9H7N3O2S3/c1-15-8-11-12-9(17-8)16-5-2-3-6(7(13)14)10-4-5/h2-4H,1H3,(H,13,14). The number of rotatable bonds is 4. The van der Waals surface area contributed by atoms with Gasteiger partial charge in [-0.3, -0.25) is 0 Å². The van der Waals surface area contributed by atoms with Crippen molar-refractivity contribution in [3.63, 3.8) is 0 Å². The Hall–Kier alpha value is -1.12. The highest BCUT2D eigenvalue weighted by Crippen LogP contribution is 2.32. The van der Waals surface area contributed by atoms with E-state index in [0.717, 1.165) is 13.6 Å². The normalized spacial score (nSPS) is 10.4. The van der Waals surface area contributed by atoms with Crippen molar-refractivity contribution in [1.82, 2.24) is 15.2 Å². The SMILES string of the molecule is CSc1nnc(Sc2ccc(C(=O)O)nc2)s1. The fraction of sp³-hybridized carbons (Fsp3) is 0.111. The van der Waals surface area contributed by atoms with E-state index in [4.69, 9.17) is 5.11 Å². The Morgan fingerprint density at radius 3 is 2.65 bits per heavy atom. The van der Waals surface area contributed by atoms with E-state index in [1.54, 1.807) is 17.8 Å². The lowest BCUT2D eigenvalue weighted by molar-refractivity contribution is 0.0690. The fourth-order valence-corrected chi connectivity index (χ4v) is 3.37. The Morgan fingerprint density at radius 1 is 1.35 bits per heavy atom. The largest absolute Gasteiger partial charge is 0.477 e. The van der Waals surface area contributed by atoms with E-state index in [-0.39, 0.29) is 5.69 Å². The third-order valence-electron chi connectivity index (χ3n) is 1.72. The van der Waals surface area contributed by atoms with Crippen molar-refractivity contribution in [2.24, 2.45) is 0 Å². The van der Waals surface area contributed by atoms with Gasteiger partial charge in [-0.2, -0.15) is 0 Å². The third-order valence-corrected chi connectivity index (χ3v) is 4.65. The van der Waals surface area contributed by atoms with Crippen LogP contribution in [0.25, 0.3) is 0 Å². The van der Waals surface area contributed by atoms with Gasteiger partial charge in [-0.15, -0.1) is 10.2 Å².